The Morgan fingerprint density at radius 3 is 2.95 bits per heavy atom. The lowest BCUT2D eigenvalue weighted by molar-refractivity contribution is 0.154. The van der Waals surface area contributed by atoms with Crippen LogP contribution < -0.4 is 4.90 Å². The molecule has 1 atom stereocenters. The molecular formula is C13H17N5O. The Kier molecular flexibility index (Phi) is 3.16. The minimum absolute atomic E-state index is 0.260. The van der Waals surface area contributed by atoms with Crippen LogP contribution in [0, 0.1) is 0 Å². The average Bonchev–Trinajstić information content (AvgIpc) is 2.85. The summed E-state index contributed by atoms with van der Waals surface area (Å²) in [6.45, 7) is 1.57. The molecule has 1 aliphatic heterocycles. The van der Waals surface area contributed by atoms with Gasteiger partial charge in [-0.2, -0.15) is 5.10 Å². The fourth-order valence-electron chi connectivity index (χ4n) is 2.40. The Bertz CT molecular complexity index is 568. The molecule has 3 rings (SSSR count). The van der Waals surface area contributed by atoms with E-state index in [0.717, 1.165) is 30.9 Å². The summed E-state index contributed by atoms with van der Waals surface area (Å²) >= 11 is 0. The van der Waals surface area contributed by atoms with Gasteiger partial charge in [0.25, 0.3) is 0 Å². The zero-order valence-electron chi connectivity index (χ0n) is 10.9. The second-order valence-corrected chi connectivity index (χ2v) is 4.82. The molecule has 1 aliphatic rings. The van der Waals surface area contributed by atoms with Gasteiger partial charge in [0.05, 0.1) is 6.10 Å². The standard InChI is InChI=1S/C13H17N5O/c1-17-11(4-7-15-17)13-14-6-5-12(16-13)18-8-2-3-10(19)9-18/h4-7,10,19H,2-3,8-9H2,1H3. The van der Waals surface area contributed by atoms with Gasteiger partial charge in [0.1, 0.15) is 11.5 Å². The van der Waals surface area contributed by atoms with Crippen molar-refractivity contribution in [3.8, 4) is 11.5 Å². The Balaban J connectivity index is 1.90. The summed E-state index contributed by atoms with van der Waals surface area (Å²) in [6, 6.07) is 3.78. The van der Waals surface area contributed by atoms with Gasteiger partial charge in [0, 0.05) is 32.5 Å². The molecule has 19 heavy (non-hydrogen) atoms. The van der Waals surface area contributed by atoms with Gasteiger partial charge < -0.3 is 10.0 Å². The van der Waals surface area contributed by atoms with Crippen LogP contribution in [0.15, 0.2) is 24.5 Å². The summed E-state index contributed by atoms with van der Waals surface area (Å²) in [7, 11) is 1.87. The fraction of sp³-hybridized carbons (Fsp3) is 0.462. The number of hydrogen-bond acceptors (Lipinski definition) is 5. The third kappa shape index (κ3) is 2.44. The third-order valence-electron chi connectivity index (χ3n) is 3.41. The van der Waals surface area contributed by atoms with Gasteiger partial charge in [-0.1, -0.05) is 0 Å². The quantitative estimate of drug-likeness (QED) is 0.865. The van der Waals surface area contributed by atoms with Crippen molar-refractivity contribution < 1.29 is 5.11 Å². The SMILES string of the molecule is Cn1nccc1-c1nccc(N2CCCC(O)C2)n1. The Hall–Kier alpha value is -1.95. The molecule has 1 unspecified atom stereocenters. The maximum atomic E-state index is 9.74. The molecule has 1 N–H and O–H groups in total. The normalized spacial score (nSPS) is 19.7. The van der Waals surface area contributed by atoms with Crippen LogP contribution in [-0.2, 0) is 7.05 Å². The molecular weight excluding hydrogens is 242 g/mol. The highest BCUT2D eigenvalue weighted by molar-refractivity contribution is 5.52. The molecule has 0 spiro atoms. The molecule has 1 fully saturated rings. The summed E-state index contributed by atoms with van der Waals surface area (Å²) < 4.78 is 1.75. The van der Waals surface area contributed by atoms with Crippen molar-refractivity contribution >= 4 is 5.82 Å². The number of β-amino-alcohol motifs (C(OH)–C–C–N with tert-alkyl or cyclic N) is 1. The van der Waals surface area contributed by atoms with Crippen molar-refractivity contribution in [3.05, 3.63) is 24.5 Å². The van der Waals surface area contributed by atoms with Gasteiger partial charge in [-0.25, -0.2) is 9.97 Å². The Morgan fingerprint density at radius 2 is 2.21 bits per heavy atom. The number of piperidine rings is 1. The van der Waals surface area contributed by atoms with Gasteiger partial charge in [-0.05, 0) is 25.0 Å². The summed E-state index contributed by atoms with van der Waals surface area (Å²) in [4.78, 5) is 11.0. The van der Waals surface area contributed by atoms with E-state index in [1.165, 1.54) is 0 Å². The van der Waals surface area contributed by atoms with Crippen molar-refractivity contribution in [2.75, 3.05) is 18.0 Å². The Labute approximate surface area is 111 Å². The summed E-state index contributed by atoms with van der Waals surface area (Å²) in [5, 5.41) is 13.9. The third-order valence-corrected chi connectivity index (χ3v) is 3.41. The lowest BCUT2D eigenvalue weighted by Gasteiger charge is -2.31. The van der Waals surface area contributed by atoms with E-state index in [9.17, 15) is 5.11 Å². The van der Waals surface area contributed by atoms with Crippen LogP contribution in [0.4, 0.5) is 5.82 Å². The molecule has 3 heterocycles. The van der Waals surface area contributed by atoms with E-state index in [4.69, 9.17) is 0 Å². The van der Waals surface area contributed by atoms with Crippen LogP contribution in [0.5, 0.6) is 0 Å². The first-order chi connectivity index (χ1) is 9.24. The number of aromatic nitrogens is 4. The molecule has 0 amide bonds. The van der Waals surface area contributed by atoms with Crippen LogP contribution in [-0.4, -0.2) is 44.0 Å². The molecule has 6 heteroatoms. The predicted molar refractivity (Wildman–Crippen MR) is 71.7 cm³/mol. The molecule has 0 saturated carbocycles. The Morgan fingerprint density at radius 1 is 1.32 bits per heavy atom. The lowest BCUT2D eigenvalue weighted by Crippen LogP contribution is -2.38. The first kappa shape index (κ1) is 12.1. The van der Waals surface area contributed by atoms with Gasteiger partial charge in [-0.3, -0.25) is 4.68 Å². The second-order valence-electron chi connectivity index (χ2n) is 4.82. The van der Waals surface area contributed by atoms with Gasteiger partial charge in [0.2, 0.25) is 0 Å². The van der Waals surface area contributed by atoms with Crippen molar-refractivity contribution in [1.29, 1.82) is 0 Å². The average molecular weight is 259 g/mol. The van der Waals surface area contributed by atoms with E-state index in [0.29, 0.717) is 12.4 Å². The number of hydrogen-bond donors (Lipinski definition) is 1. The van der Waals surface area contributed by atoms with Crippen LogP contribution in [0.1, 0.15) is 12.8 Å². The van der Waals surface area contributed by atoms with Gasteiger partial charge in [-0.15, -0.1) is 0 Å². The van der Waals surface area contributed by atoms with E-state index in [1.54, 1.807) is 17.1 Å². The number of aryl methyl sites for hydroxylation is 1. The van der Waals surface area contributed by atoms with Crippen molar-refractivity contribution in [2.24, 2.45) is 7.05 Å². The monoisotopic (exact) mass is 259 g/mol. The topological polar surface area (TPSA) is 67.1 Å². The maximum Gasteiger partial charge on any atom is 0.179 e. The molecule has 0 aromatic carbocycles. The zero-order chi connectivity index (χ0) is 13.2. The largest absolute Gasteiger partial charge is 0.391 e. The fourth-order valence-corrected chi connectivity index (χ4v) is 2.40. The number of anilines is 1. The van der Waals surface area contributed by atoms with Crippen molar-refractivity contribution in [1.82, 2.24) is 19.7 Å². The summed E-state index contributed by atoms with van der Waals surface area (Å²) in [6.07, 6.45) is 5.09. The summed E-state index contributed by atoms with van der Waals surface area (Å²) in [5.41, 5.74) is 0.888. The van der Waals surface area contributed by atoms with Crippen LogP contribution in [0.3, 0.4) is 0 Å². The van der Waals surface area contributed by atoms with E-state index in [1.807, 2.05) is 19.2 Å². The van der Waals surface area contributed by atoms with Crippen LogP contribution >= 0.6 is 0 Å². The first-order valence-corrected chi connectivity index (χ1v) is 6.48. The molecule has 0 bridgehead atoms. The second kappa shape index (κ2) is 4.97. The van der Waals surface area contributed by atoms with E-state index in [2.05, 4.69) is 20.0 Å². The number of rotatable bonds is 2. The lowest BCUT2D eigenvalue weighted by atomic mass is 10.1. The highest BCUT2D eigenvalue weighted by Gasteiger charge is 2.19. The van der Waals surface area contributed by atoms with Gasteiger partial charge in [0.15, 0.2) is 5.82 Å². The highest BCUT2D eigenvalue weighted by Crippen LogP contribution is 2.20. The maximum absolute atomic E-state index is 9.74. The molecule has 100 valence electrons. The molecule has 2 aromatic rings. The van der Waals surface area contributed by atoms with Crippen LogP contribution in [0.2, 0.25) is 0 Å². The zero-order valence-corrected chi connectivity index (χ0v) is 10.9. The molecule has 6 nitrogen and oxygen atoms in total. The van der Waals surface area contributed by atoms with E-state index in [-0.39, 0.29) is 6.10 Å². The molecule has 2 aromatic heterocycles. The predicted octanol–water partition coefficient (Wildman–Crippen LogP) is 0.838. The van der Waals surface area contributed by atoms with Crippen LogP contribution in [0.25, 0.3) is 11.5 Å². The number of aliphatic hydroxyl groups is 1. The molecule has 0 radical (unpaired) electrons. The number of aliphatic hydroxyl groups excluding tert-OH is 1. The van der Waals surface area contributed by atoms with E-state index < -0.39 is 0 Å². The van der Waals surface area contributed by atoms with Crippen molar-refractivity contribution in [2.45, 2.75) is 18.9 Å². The number of nitrogens with zero attached hydrogens (tertiary/aromatic N) is 5. The van der Waals surface area contributed by atoms with Gasteiger partial charge >= 0.3 is 0 Å². The summed E-state index contributed by atoms with van der Waals surface area (Å²) in [5.74, 6) is 1.53. The molecule has 1 saturated heterocycles. The minimum atomic E-state index is -0.260. The van der Waals surface area contributed by atoms with Crippen molar-refractivity contribution in [3.63, 3.8) is 0 Å². The molecule has 0 aliphatic carbocycles. The minimum Gasteiger partial charge on any atom is -0.391 e. The van der Waals surface area contributed by atoms with E-state index >= 15 is 0 Å². The highest BCUT2D eigenvalue weighted by atomic mass is 16.3. The smallest absolute Gasteiger partial charge is 0.179 e. The first-order valence-electron chi connectivity index (χ1n) is 6.48.